The molecule has 1 aliphatic rings. The fraction of sp³-hybridized carbons (Fsp3) is 0.529. The van der Waals surface area contributed by atoms with E-state index in [0.29, 0.717) is 30.6 Å². The Morgan fingerprint density at radius 1 is 1.40 bits per heavy atom. The summed E-state index contributed by atoms with van der Waals surface area (Å²) in [5.74, 6) is 1.41. The van der Waals surface area contributed by atoms with Gasteiger partial charge < -0.3 is 19.5 Å². The van der Waals surface area contributed by atoms with Gasteiger partial charge in [0.25, 0.3) is 5.91 Å². The molecule has 1 N–H and O–H groups in total. The number of hydrogen-bond donors (Lipinski definition) is 1. The van der Waals surface area contributed by atoms with Gasteiger partial charge in [0.05, 0.1) is 24.9 Å². The highest BCUT2D eigenvalue weighted by molar-refractivity contribution is 5.93. The maximum Gasteiger partial charge on any atom is 0.270 e. The van der Waals surface area contributed by atoms with Crippen LogP contribution in [-0.2, 0) is 18.5 Å². The zero-order chi connectivity index (χ0) is 18.0. The minimum Gasteiger partial charge on any atom is -0.492 e. The van der Waals surface area contributed by atoms with Crippen molar-refractivity contribution in [2.24, 2.45) is 0 Å². The van der Waals surface area contributed by atoms with E-state index in [9.17, 15) is 4.79 Å². The normalized spacial score (nSPS) is 14.1. The van der Waals surface area contributed by atoms with Crippen molar-refractivity contribution in [2.45, 2.75) is 38.8 Å². The molecule has 0 unspecified atom stereocenters. The molecule has 25 heavy (non-hydrogen) atoms. The van der Waals surface area contributed by atoms with Crippen LogP contribution < -0.4 is 10.1 Å². The van der Waals surface area contributed by atoms with Crippen molar-refractivity contribution in [3.8, 4) is 5.75 Å². The van der Waals surface area contributed by atoms with E-state index in [2.05, 4.69) is 20.4 Å². The van der Waals surface area contributed by atoms with Gasteiger partial charge in [-0.1, -0.05) is 5.16 Å². The molecule has 8 heteroatoms. The summed E-state index contributed by atoms with van der Waals surface area (Å²) in [6.07, 6.45) is 3.45. The fourth-order valence-electron chi connectivity index (χ4n) is 2.63. The maximum absolute atomic E-state index is 12.6. The summed E-state index contributed by atoms with van der Waals surface area (Å²) >= 11 is 0. The first kappa shape index (κ1) is 17.3. The molecule has 0 radical (unpaired) electrons. The highest BCUT2D eigenvalue weighted by Crippen LogP contribution is 2.24. The van der Waals surface area contributed by atoms with Gasteiger partial charge in [-0.05, 0) is 52.4 Å². The molecule has 0 fully saturated rings. The largest absolute Gasteiger partial charge is 0.492 e. The third-order valence-electron chi connectivity index (χ3n) is 3.93. The SMILES string of the molecule is CN(C)Cc1nc(C(C)(C)NC(=O)c2cc3c(cn2)OCCC3)no1. The summed E-state index contributed by atoms with van der Waals surface area (Å²) < 4.78 is 10.8. The van der Waals surface area contributed by atoms with Crippen LogP contribution in [0.1, 0.15) is 48.0 Å². The van der Waals surface area contributed by atoms with Crippen LogP contribution in [0.15, 0.2) is 16.8 Å². The highest BCUT2D eigenvalue weighted by Gasteiger charge is 2.30. The van der Waals surface area contributed by atoms with E-state index in [1.54, 1.807) is 12.3 Å². The van der Waals surface area contributed by atoms with E-state index in [4.69, 9.17) is 9.26 Å². The molecule has 0 saturated carbocycles. The van der Waals surface area contributed by atoms with Crippen molar-refractivity contribution in [1.82, 2.24) is 25.3 Å². The zero-order valence-electron chi connectivity index (χ0n) is 15.0. The predicted octanol–water partition coefficient (Wildman–Crippen LogP) is 1.52. The third kappa shape index (κ3) is 3.96. The minimum absolute atomic E-state index is 0.280. The molecule has 0 spiro atoms. The van der Waals surface area contributed by atoms with Crippen molar-refractivity contribution < 1.29 is 14.1 Å². The number of pyridine rings is 1. The second kappa shape index (κ2) is 6.79. The second-order valence-electron chi connectivity index (χ2n) is 6.96. The summed E-state index contributed by atoms with van der Waals surface area (Å²) in [5, 5.41) is 6.91. The molecule has 0 atom stereocenters. The Labute approximate surface area is 146 Å². The van der Waals surface area contributed by atoms with Crippen molar-refractivity contribution in [2.75, 3.05) is 20.7 Å². The Bertz CT molecular complexity index is 769. The molecule has 0 aliphatic carbocycles. The van der Waals surface area contributed by atoms with E-state index >= 15 is 0 Å². The Morgan fingerprint density at radius 3 is 2.96 bits per heavy atom. The number of carbonyl (C=O) groups is 1. The molecule has 0 bridgehead atoms. The molecular formula is C17H23N5O3. The third-order valence-corrected chi connectivity index (χ3v) is 3.93. The quantitative estimate of drug-likeness (QED) is 0.878. The average molecular weight is 345 g/mol. The molecule has 1 amide bonds. The molecule has 0 aromatic carbocycles. The number of nitrogens with one attached hydrogen (secondary N) is 1. The van der Waals surface area contributed by atoms with Crippen LogP contribution >= 0.6 is 0 Å². The van der Waals surface area contributed by atoms with Gasteiger partial charge in [0.15, 0.2) is 5.82 Å². The van der Waals surface area contributed by atoms with E-state index in [1.165, 1.54) is 0 Å². The van der Waals surface area contributed by atoms with Crippen LogP contribution in [0, 0.1) is 0 Å². The number of amides is 1. The van der Waals surface area contributed by atoms with E-state index in [0.717, 1.165) is 24.2 Å². The monoisotopic (exact) mass is 345 g/mol. The zero-order valence-corrected chi connectivity index (χ0v) is 15.0. The number of carbonyl (C=O) groups excluding carboxylic acids is 1. The summed E-state index contributed by atoms with van der Waals surface area (Å²) in [6, 6.07) is 1.79. The van der Waals surface area contributed by atoms with Crippen molar-refractivity contribution in [1.29, 1.82) is 0 Å². The van der Waals surface area contributed by atoms with Gasteiger partial charge in [-0.3, -0.25) is 4.79 Å². The smallest absolute Gasteiger partial charge is 0.270 e. The van der Waals surface area contributed by atoms with Crippen molar-refractivity contribution in [3.63, 3.8) is 0 Å². The first-order chi connectivity index (χ1) is 11.8. The summed E-state index contributed by atoms with van der Waals surface area (Å²) in [5.41, 5.74) is 0.588. The summed E-state index contributed by atoms with van der Waals surface area (Å²) in [7, 11) is 3.84. The predicted molar refractivity (Wildman–Crippen MR) is 90.2 cm³/mol. The molecule has 3 rings (SSSR count). The van der Waals surface area contributed by atoms with Gasteiger partial charge in [-0.15, -0.1) is 0 Å². The standard InChI is InChI=1S/C17H23N5O3/c1-17(2,16-19-14(25-21-16)10-22(3)4)20-15(23)12-8-11-6-5-7-24-13(11)9-18-12/h8-9H,5-7,10H2,1-4H3,(H,20,23). The number of fused-ring (bicyclic) bond motifs is 1. The topological polar surface area (TPSA) is 93.4 Å². The Hall–Kier alpha value is -2.48. The van der Waals surface area contributed by atoms with Crippen LogP contribution in [0.25, 0.3) is 0 Å². The Morgan fingerprint density at radius 2 is 2.20 bits per heavy atom. The lowest BCUT2D eigenvalue weighted by Gasteiger charge is -2.23. The summed E-state index contributed by atoms with van der Waals surface area (Å²) in [4.78, 5) is 23.1. The van der Waals surface area contributed by atoms with Gasteiger partial charge in [-0.25, -0.2) is 4.98 Å². The van der Waals surface area contributed by atoms with E-state index in [1.807, 2.05) is 32.8 Å². The minimum atomic E-state index is -0.779. The molecule has 2 aromatic heterocycles. The lowest BCUT2D eigenvalue weighted by Crippen LogP contribution is -2.42. The molecular weight excluding hydrogens is 322 g/mol. The second-order valence-corrected chi connectivity index (χ2v) is 6.96. The number of ether oxygens (including phenoxy) is 1. The van der Waals surface area contributed by atoms with Gasteiger partial charge in [0, 0.05) is 0 Å². The lowest BCUT2D eigenvalue weighted by molar-refractivity contribution is 0.0902. The van der Waals surface area contributed by atoms with E-state index in [-0.39, 0.29) is 5.91 Å². The average Bonchev–Trinajstić information content (AvgIpc) is 3.02. The lowest BCUT2D eigenvalue weighted by atomic mass is 10.0. The van der Waals surface area contributed by atoms with Gasteiger partial charge in [0.1, 0.15) is 11.4 Å². The first-order valence-electron chi connectivity index (χ1n) is 8.27. The Balaban J connectivity index is 1.73. The molecule has 2 aromatic rings. The van der Waals surface area contributed by atoms with Crippen LogP contribution in [0.4, 0.5) is 0 Å². The number of hydrogen-bond acceptors (Lipinski definition) is 7. The molecule has 0 saturated heterocycles. The van der Waals surface area contributed by atoms with Gasteiger partial charge in [0.2, 0.25) is 5.89 Å². The van der Waals surface area contributed by atoms with Gasteiger partial charge >= 0.3 is 0 Å². The van der Waals surface area contributed by atoms with Crippen molar-refractivity contribution in [3.05, 3.63) is 35.2 Å². The van der Waals surface area contributed by atoms with Crippen molar-refractivity contribution >= 4 is 5.91 Å². The number of aromatic nitrogens is 3. The van der Waals surface area contributed by atoms with Crippen LogP contribution in [0.2, 0.25) is 0 Å². The fourth-order valence-corrected chi connectivity index (χ4v) is 2.63. The number of nitrogens with zero attached hydrogens (tertiary/aromatic N) is 4. The molecule has 1 aliphatic heterocycles. The highest BCUT2D eigenvalue weighted by atomic mass is 16.5. The number of rotatable bonds is 5. The Kier molecular flexibility index (Phi) is 4.71. The van der Waals surface area contributed by atoms with Crippen LogP contribution in [-0.4, -0.2) is 46.6 Å². The van der Waals surface area contributed by atoms with Gasteiger partial charge in [-0.2, -0.15) is 4.98 Å². The molecule has 134 valence electrons. The molecule has 8 nitrogen and oxygen atoms in total. The maximum atomic E-state index is 12.6. The van der Waals surface area contributed by atoms with Crippen LogP contribution in [0.5, 0.6) is 5.75 Å². The number of aryl methyl sites for hydroxylation is 1. The van der Waals surface area contributed by atoms with E-state index < -0.39 is 5.54 Å². The summed E-state index contributed by atoms with van der Waals surface area (Å²) in [6.45, 7) is 4.90. The van der Waals surface area contributed by atoms with Crippen LogP contribution in [0.3, 0.4) is 0 Å². The molecule has 3 heterocycles. The first-order valence-corrected chi connectivity index (χ1v) is 8.27.